The first kappa shape index (κ1) is 42.8. The van der Waals surface area contributed by atoms with E-state index in [4.69, 9.17) is 23.7 Å². The highest BCUT2D eigenvalue weighted by Gasteiger charge is 2.72. The average Bonchev–Trinajstić information content (AvgIpc) is 3.32. The summed E-state index contributed by atoms with van der Waals surface area (Å²) in [6.45, 7) is 10.7. The lowest BCUT2D eigenvalue weighted by atomic mass is 9.43. The first-order valence-corrected chi connectivity index (χ1v) is 20.3. The molecule has 14 heteroatoms. The van der Waals surface area contributed by atoms with Crippen molar-refractivity contribution in [2.24, 2.45) is 46.3 Å². The Kier molecular flexibility index (Phi) is 13.0. The average molecular weight is 773 g/mol. The third-order valence-corrected chi connectivity index (χ3v) is 15.1. The quantitative estimate of drug-likeness (QED) is 0.124. The molecular weight excluding hydrogens is 704 g/mol. The van der Waals surface area contributed by atoms with Crippen molar-refractivity contribution in [3.05, 3.63) is 11.6 Å². The van der Waals surface area contributed by atoms with Gasteiger partial charge in [-0.25, -0.2) is 0 Å². The summed E-state index contributed by atoms with van der Waals surface area (Å²) in [5.74, 6) is -0.552. The van der Waals surface area contributed by atoms with Gasteiger partial charge >= 0.3 is 0 Å². The lowest BCUT2D eigenvalue weighted by Gasteiger charge is -2.64. The smallest absolute Gasteiger partial charge is 0.187 e. The summed E-state index contributed by atoms with van der Waals surface area (Å²) >= 11 is 0. The molecule has 0 unspecified atom stereocenters. The lowest BCUT2D eigenvalue weighted by molar-refractivity contribution is -0.285. The standard InChI is InChI=1S/C40H68O14/c1-19(2)21(11-14-51-36-33(48)29(44)25(42)17-52-36)8-7-20(3)28-31(46)32(47)35-39(28,5)13-10-27-38(4)12-9-22(15-23(38)24(41)16-40(27,35)49)54-37-34(50-6)30(45)26(43)18-53-37/h15,19-22,24-37,41-49H,7-14,16-18H2,1-6H3/t20-,21-,22+,24-,25-,26-,27-,28+,29+,30+,31-,32+,33-,34-,35+,36-,37+,38+,39-,40+/m1/s1. The summed E-state index contributed by atoms with van der Waals surface area (Å²) in [4.78, 5) is 0. The molecule has 3 saturated carbocycles. The van der Waals surface area contributed by atoms with Gasteiger partial charge in [0.2, 0.25) is 0 Å². The summed E-state index contributed by atoms with van der Waals surface area (Å²) < 4.78 is 28.5. The molecule has 0 bridgehead atoms. The second-order valence-corrected chi connectivity index (χ2v) is 18.5. The molecule has 2 aliphatic heterocycles. The molecular formula is C40H68O14. The highest BCUT2D eigenvalue weighted by atomic mass is 16.7. The minimum absolute atomic E-state index is 0.0248. The summed E-state index contributed by atoms with van der Waals surface area (Å²) in [7, 11) is 1.42. The van der Waals surface area contributed by atoms with E-state index in [-0.39, 0.29) is 43.3 Å². The number of hydrogen-bond donors (Lipinski definition) is 9. The van der Waals surface area contributed by atoms with Crippen LogP contribution in [0.5, 0.6) is 0 Å². The van der Waals surface area contributed by atoms with E-state index in [0.29, 0.717) is 44.6 Å². The molecule has 0 aromatic carbocycles. The number of rotatable bonds is 12. The van der Waals surface area contributed by atoms with Crippen LogP contribution in [0.4, 0.5) is 0 Å². The van der Waals surface area contributed by atoms with Crippen molar-refractivity contribution in [1.82, 2.24) is 0 Å². The molecule has 2 saturated heterocycles. The SMILES string of the molecule is CO[C@H]1[C@H](O[C@@H]2C=C3[C@H](O)C[C@@]4(O)[C@H]5[C@@H](O)[C@H](O)[C@H]([C@H](C)CC[C@H](CCO[C@@H]6OC[C@@H](O)[C@H](O)[C@H]6O)C(C)C)[C@@]5(C)CC[C@@H]4[C@@]3(C)CC2)OC[C@@H](O)[C@@H]1O. The second kappa shape index (κ2) is 16.4. The van der Waals surface area contributed by atoms with Gasteiger partial charge in [-0.2, -0.15) is 0 Å². The lowest BCUT2D eigenvalue weighted by Crippen LogP contribution is -2.66. The number of fused-ring (bicyclic) bond motifs is 5. The van der Waals surface area contributed by atoms with Crippen molar-refractivity contribution in [1.29, 1.82) is 0 Å². The third kappa shape index (κ3) is 7.49. The van der Waals surface area contributed by atoms with Crippen LogP contribution < -0.4 is 0 Å². The van der Waals surface area contributed by atoms with Gasteiger partial charge in [-0.3, -0.25) is 0 Å². The van der Waals surface area contributed by atoms with Crippen molar-refractivity contribution in [2.75, 3.05) is 26.9 Å². The predicted molar refractivity (Wildman–Crippen MR) is 193 cm³/mol. The molecule has 9 N–H and O–H groups in total. The van der Waals surface area contributed by atoms with E-state index in [0.717, 1.165) is 18.4 Å². The van der Waals surface area contributed by atoms with Crippen LogP contribution in [0.1, 0.15) is 86.0 Å². The molecule has 2 heterocycles. The maximum Gasteiger partial charge on any atom is 0.187 e. The Balaban J connectivity index is 1.12. The second-order valence-electron chi connectivity index (χ2n) is 18.5. The highest BCUT2D eigenvalue weighted by molar-refractivity contribution is 5.33. The van der Waals surface area contributed by atoms with Crippen LogP contribution in [-0.4, -0.2) is 152 Å². The summed E-state index contributed by atoms with van der Waals surface area (Å²) in [5, 5.41) is 98.7. The van der Waals surface area contributed by atoms with E-state index in [2.05, 4.69) is 34.6 Å². The molecule has 0 aromatic heterocycles. The molecule has 54 heavy (non-hydrogen) atoms. The van der Waals surface area contributed by atoms with Crippen LogP contribution in [-0.2, 0) is 23.7 Å². The molecule has 6 rings (SSSR count). The number of aliphatic hydroxyl groups is 9. The van der Waals surface area contributed by atoms with E-state index in [1.807, 2.05) is 6.08 Å². The molecule has 0 aromatic rings. The van der Waals surface area contributed by atoms with E-state index >= 15 is 0 Å². The minimum Gasteiger partial charge on any atom is -0.390 e. The zero-order valence-electron chi connectivity index (χ0n) is 32.8. The number of hydrogen-bond acceptors (Lipinski definition) is 14. The Hall–Kier alpha value is -0.820. The molecule has 20 atom stereocenters. The Morgan fingerprint density at radius 3 is 2.13 bits per heavy atom. The molecule has 312 valence electrons. The Labute approximate surface area is 319 Å². The largest absolute Gasteiger partial charge is 0.390 e. The van der Waals surface area contributed by atoms with Crippen molar-refractivity contribution in [2.45, 2.75) is 165 Å². The van der Waals surface area contributed by atoms with Gasteiger partial charge < -0.3 is 69.6 Å². The van der Waals surface area contributed by atoms with Gasteiger partial charge in [-0.05, 0) is 84.5 Å². The van der Waals surface area contributed by atoms with E-state index < -0.39 is 96.0 Å². The molecule has 4 aliphatic carbocycles. The van der Waals surface area contributed by atoms with Crippen LogP contribution in [0.25, 0.3) is 0 Å². The number of aliphatic hydroxyl groups excluding tert-OH is 8. The zero-order chi connectivity index (χ0) is 39.5. The van der Waals surface area contributed by atoms with Crippen LogP contribution in [0, 0.1) is 46.3 Å². The van der Waals surface area contributed by atoms with Crippen LogP contribution >= 0.6 is 0 Å². The summed E-state index contributed by atoms with van der Waals surface area (Å²) in [5.41, 5.74) is -1.77. The maximum atomic E-state index is 12.8. The molecule has 14 nitrogen and oxygen atoms in total. The van der Waals surface area contributed by atoms with Crippen LogP contribution in [0.2, 0.25) is 0 Å². The topological polar surface area (TPSA) is 228 Å². The Morgan fingerprint density at radius 2 is 1.46 bits per heavy atom. The monoisotopic (exact) mass is 772 g/mol. The Bertz CT molecular complexity index is 1300. The fourth-order valence-corrected chi connectivity index (χ4v) is 12.1. The van der Waals surface area contributed by atoms with Gasteiger partial charge in [0.1, 0.15) is 36.6 Å². The van der Waals surface area contributed by atoms with Crippen LogP contribution in [0.3, 0.4) is 0 Å². The maximum absolute atomic E-state index is 12.8. The third-order valence-electron chi connectivity index (χ3n) is 15.1. The normalized spacial score (nSPS) is 50.5. The first-order valence-electron chi connectivity index (χ1n) is 20.3. The van der Waals surface area contributed by atoms with E-state index in [1.165, 1.54) is 7.11 Å². The van der Waals surface area contributed by atoms with Gasteiger partial charge in [-0.15, -0.1) is 0 Å². The van der Waals surface area contributed by atoms with E-state index in [1.54, 1.807) is 0 Å². The van der Waals surface area contributed by atoms with E-state index in [9.17, 15) is 46.0 Å². The van der Waals surface area contributed by atoms with Crippen molar-refractivity contribution >= 4 is 0 Å². The van der Waals surface area contributed by atoms with Gasteiger partial charge in [0.25, 0.3) is 0 Å². The number of methoxy groups -OCH3 is 1. The fraction of sp³-hybridized carbons (Fsp3) is 0.950. The minimum atomic E-state index is -1.41. The van der Waals surface area contributed by atoms with Gasteiger partial charge in [0, 0.05) is 19.4 Å². The fourth-order valence-electron chi connectivity index (χ4n) is 12.1. The number of ether oxygens (including phenoxy) is 5. The summed E-state index contributed by atoms with van der Waals surface area (Å²) in [6, 6.07) is 0. The molecule has 0 radical (unpaired) electrons. The zero-order valence-corrected chi connectivity index (χ0v) is 32.8. The van der Waals surface area contributed by atoms with Crippen molar-refractivity contribution < 1.29 is 69.6 Å². The Morgan fingerprint density at radius 1 is 0.796 bits per heavy atom. The van der Waals surface area contributed by atoms with Crippen LogP contribution in [0.15, 0.2) is 11.6 Å². The molecule has 0 spiro atoms. The van der Waals surface area contributed by atoms with Crippen molar-refractivity contribution in [3.8, 4) is 0 Å². The summed E-state index contributed by atoms with van der Waals surface area (Å²) in [6.07, 6.45) is -5.63. The molecule has 0 amide bonds. The van der Waals surface area contributed by atoms with Gasteiger partial charge in [-0.1, -0.05) is 47.1 Å². The van der Waals surface area contributed by atoms with Crippen molar-refractivity contribution in [3.63, 3.8) is 0 Å². The predicted octanol–water partition coefficient (Wildman–Crippen LogP) is 0.605. The van der Waals surface area contributed by atoms with Gasteiger partial charge in [0.15, 0.2) is 12.6 Å². The molecule has 6 aliphatic rings. The molecule has 5 fully saturated rings. The highest BCUT2D eigenvalue weighted by Crippen LogP contribution is 2.69. The first-order chi connectivity index (χ1) is 25.4. The van der Waals surface area contributed by atoms with Gasteiger partial charge in [0.05, 0.1) is 49.8 Å².